The molecule has 1 aromatic carbocycles. The highest BCUT2D eigenvalue weighted by Crippen LogP contribution is 2.34. The summed E-state index contributed by atoms with van der Waals surface area (Å²) in [5, 5.41) is 6.19. The lowest BCUT2D eigenvalue weighted by molar-refractivity contribution is -0.115. The predicted molar refractivity (Wildman–Crippen MR) is 72.5 cm³/mol. The van der Waals surface area contributed by atoms with Gasteiger partial charge in [0.2, 0.25) is 5.91 Å². The molecule has 1 fully saturated rings. The zero-order chi connectivity index (χ0) is 11.7. The van der Waals surface area contributed by atoms with E-state index >= 15 is 0 Å². The summed E-state index contributed by atoms with van der Waals surface area (Å²) in [4.78, 5) is 11.4. The van der Waals surface area contributed by atoms with Crippen LogP contribution in [0, 0.1) is 0 Å². The molecule has 2 aliphatic heterocycles. The van der Waals surface area contributed by atoms with Gasteiger partial charge in [0.25, 0.3) is 0 Å². The Hall–Kier alpha value is -1.26. The molecule has 0 atom stereocenters. The summed E-state index contributed by atoms with van der Waals surface area (Å²) in [6.07, 6.45) is 2.79. The number of anilines is 1. The summed E-state index contributed by atoms with van der Waals surface area (Å²) in [6, 6.07) is 5.87. The molecule has 1 amide bonds. The monoisotopic (exact) mass is 268 g/mol. The third kappa shape index (κ3) is 2.60. The Kier molecular flexibility index (Phi) is 4.09. The van der Waals surface area contributed by atoms with Gasteiger partial charge in [-0.3, -0.25) is 4.79 Å². The third-order valence-electron chi connectivity index (χ3n) is 3.31. The number of halogens is 1. The van der Waals surface area contributed by atoms with Crippen molar-refractivity contribution in [1.29, 1.82) is 0 Å². The smallest absolute Gasteiger partial charge is 0.228 e. The van der Waals surface area contributed by atoms with E-state index in [2.05, 4.69) is 10.6 Å². The highest BCUT2D eigenvalue weighted by Gasteiger charge is 2.23. The number of hydrogen-bond acceptors (Lipinski definition) is 3. The summed E-state index contributed by atoms with van der Waals surface area (Å²) < 4.78 is 5.99. The average molecular weight is 269 g/mol. The van der Waals surface area contributed by atoms with Crippen molar-refractivity contribution in [3.05, 3.63) is 23.8 Å². The molecular weight excluding hydrogens is 252 g/mol. The third-order valence-corrected chi connectivity index (χ3v) is 3.31. The van der Waals surface area contributed by atoms with Crippen LogP contribution in [-0.2, 0) is 11.2 Å². The van der Waals surface area contributed by atoms with Gasteiger partial charge in [0.05, 0.1) is 12.1 Å². The summed E-state index contributed by atoms with van der Waals surface area (Å²) in [6.45, 7) is 2.01. The number of carbonyl (C=O) groups excluding carboxylic acids is 1. The van der Waals surface area contributed by atoms with E-state index in [0.717, 1.165) is 42.9 Å². The fraction of sp³-hybridized carbons (Fsp3) is 0.462. The van der Waals surface area contributed by atoms with Gasteiger partial charge in [0, 0.05) is 0 Å². The average Bonchev–Trinajstić information content (AvgIpc) is 2.72. The van der Waals surface area contributed by atoms with E-state index in [-0.39, 0.29) is 24.4 Å². The van der Waals surface area contributed by atoms with Crippen molar-refractivity contribution in [2.24, 2.45) is 0 Å². The van der Waals surface area contributed by atoms with Crippen LogP contribution in [-0.4, -0.2) is 25.1 Å². The largest absolute Gasteiger partial charge is 0.488 e. The van der Waals surface area contributed by atoms with Gasteiger partial charge in [-0.15, -0.1) is 12.4 Å². The van der Waals surface area contributed by atoms with Crippen molar-refractivity contribution in [3.8, 4) is 5.75 Å². The predicted octanol–water partition coefficient (Wildman–Crippen LogP) is 1.73. The summed E-state index contributed by atoms with van der Waals surface area (Å²) in [5.41, 5.74) is 1.91. The maximum Gasteiger partial charge on any atom is 0.228 e. The molecule has 1 aromatic rings. The highest BCUT2D eigenvalue weighted by atomic mass is 35.5. The van der Waals surface area contributed by atoms with Crippen LogP contribution in [0.4, 0.5) is 5.69 Å². The number of para-hydroxylation sites is 1. The van der Waals surface area contributed by atoms with Crippen LogP contribution in [0.1, 0.15) is 18.4 Å². The molecule has 0 spiro atoms. The van der Waals surface area contributed by atoms with Crippen LogP contribution in [0.25, 0.3) is 0 Å². The standard InChI is InChI=1S/C13H16N2O2.ClH/c16-12-8-9-2-1-3-11(13(9)15-12)17-10-4-6-14-7-5-10;/h1-3,10,14H,4-8H2,(H,15,16);1H. The number of fused-ring (bicyclic) bond motifs is 1. The summed E-state index contributed by atoms with van der Waals surface area (Å²) in [5.74, 6) is 0.876. The normalized spacial score (nSPS) is 18.8. The van der Waals surface area contributed by atoms with E-state index in [0.29, 0.717) is 6.42 Å². The molecule has 0 unspecified atom stereocenters. The Morgan fingerprint density at radius 1 is 1.22 bits per heavy atom. The molecule has 3 rings (SSSR count). The Bertz CT molecular complexity index is 445. The van der Waals surface area contributed by atoms with Gasteiger partial charge in [-0.1, -0.05) is 12.1 Å². The van der Waals surface area contributed by atoms with E-state index in [9.17, 15) is 4.79 Å². The molecule has 5 heteroatoms. The van der Waals surface area contributed by atoms with Crippen LogP contribution in [0.5, 0.6) is 5.75 Å². The van der Waals surface area contributed by atoms with Gasteiger partial charge < -0.3 is 15.4 Å². The molecule has 18 heavy (non-hydrogen) atoms. The van der Waals surface area contributed by atoms with Crippen molar-refractivity contribution in [1.82, 2.24) is 5.32 Å². The highest BCUT2D eigenvalue weighted by molar-refractivity contribution is 6.00. The van der Waals surface area contributed by atoms with E-state index in [1.807, 2.05) is 18.2 Å². The number of hydrogen-bond donors (Lipinski definition) is 2. The minimum atomic E-state index is 0. The number of ether oxygens (including phenoxy) is 1. The molecule has 2 aliphatic rings. The maximum atomic E-state index is 11.4. The number of piperidine rings is 1. The molecule has 4 nitrogen and oxygen atoms in total. The first kappa shape index (κ1) is 13.2. The van der Waals surface area contributed by atoms with Crippen molar-refractivity contribution in [2.75, 3.05) is 18.4 Å². The number of rotatable bonds is 2. The van der Waals surface area contributed by atoms with E-state index < -0.39 is 0 Å². The fourth-order valence-electron chi connectivity index (χ4n) is 2.41. The van der Waals surface area contributed by atoms with E-state index in [1.54, 1.807) is 0 Å². The molecule has 0 bridgehead atoms. The van der Waals surface area contributed by atoms with Gasteiger partial charge in [-0.05, 0) is 37.6 Å². The SMILES string of the molecule is Cl.O=C1Cc2cccc(OC3CCNCC3)c2N1. The van der Waals surface area contributed by atoms with Crippen LogP contribution >= 0.6 is 12.4 Å². The Morgan fingerprint density at radius 2 is 2.00 bits per heavy atom. The second-order valence-corrected chi connectivity index (χ2v) is 4.58. The molecule has 0 aliphatic carbocycles. The van der Waals surface area contributed by atoms with Crippen molar-refractivity contribution >= 4 is 24.0 Å². The van der Waals surface area contributed by atoms with Crippen LogP contribution in [0.3, 0.4) is 0 Å². The Morgan fingerprint density at radius 3 is 2.78 bits per heavy atom. The number of nitrogens with one attached hydrogen (secondary N) is 2. The van der Waals surface area contributed by atoms with Crippen molar-refractivity contribution < 1.29 is 9.53 Å². The topological polar surface area (TPSA) is 50.4 Å². The fourth-order valence-corrected chi connectivity index (χ4v) is 2.41. The zero-order valence-electron chi connectivity index (χ0n) is 10.1. The van der Waals surface area contributed by atoms with Crippen LogP contribution in [0.2, 0.25) is 0 Å². The molecule has 1 saturated heterocycles. The number of amides is 1. The second-order valence-electron chi connectivity index (χ2n) is 4.58. The van der Waals surface area contributed by atoms with Gasteiger partial charge in [-0.25, -0.2) is 0 Å². The minimum absolute atomic E-state index is 0. The molecular formula is C13H17ClN2O2. The zero-order valence-corrected chi connectivity index (χ0v) is 10.9. The molecule has 0 radical (unpaired) electrons. The van der Waals surface area contributed by atoms with E-state index in [4.69, 9.17) is 4.74 Å². The lowest BCUT2D eigenvalue weighted by atomic mass is 10.1. The molecule has 2 heterocycles. The van der Waals surface area contributed by atoms with Crippen LogP contribution < -0.4 is 15.4 Å². The Balaban J connectivity index is 0.00000120. The Labute approximate surface area is 113 Å². The molecule has 0 aromatic heterocycles. The first-order chi connectivity index (χ1) is 8.33. The van der Waals surface area contributed by atoms with Crippen molar-refractivity contribution in [2.45, 2.75) is 25.4 Å². The number of carbonyl (C=O) groups is 1. The van der Waals surface area contributed by atoms with Crippen molar-refractivity contribution in [3.63, 3.8) is 0 Å². The first-order valence-corrected chi connectivity index (χ1v) is 6.12. The molecule has 98 valence electrons. The quantitative estimate of drug-likeness (QED) is 0.859. The minimum Gasteiger partial charge on any atom is -0.488 e. The molecule has 2 N–H and O–H groups in total. The van der Waals surface area contributed by atoms with Gasteiger partial charge >= 0.3 is 0 Å². The molecule has 0 saturated carbocycles. The number of benzene rings is 1. The van der Waals surface area contributed by atoms with E-state index in [1.165, 1.54) is 0 Å². The lowest BCUT2D eigenvalue weighted by Crippen LogP contribution is -2.34. The van der Waals surface area contributed by atoms with Gasteiger partial charge in [-0.2, -0.15) is 0 Å². The van der Waals surface area contributed by atoms with Crippen LogP contribution in [0.15, 0.2) is 18.2 Å². The maximum absolute atomic E-state index is 11.4. The first-order valence-electron chi connectivity index (χ1n) is 6.12. The summed E-state index contributed by atoms with van der Waals surface area (Å²) in [7, 11) is 0. The lowest BCUT2D eigenvalue weighted by Gasteiger charge is -2.24. The second kappa shape index (κ2) is 5.59. The van der Waals surface area contributed by atoms with Gasteiger partial charge in [0.1, 0.15) is 11.9 Å². The summed E-state index contributed by atoms with van der Waals surface area (Å²) >= 11 is 0. The van der Waals surface area contributed by atoms with Gasteiger partial charge in [0.15, 0.2) is 0 Å².